The molecule has 1 N–H and O–H groups in total. The van der Waals surface area contributed by atoms with Gasteiger partial charge in [0.25, 0.3) is 0 Å². The van der Waals surface area contributed by atoms with Gasteiger partial charge in [-0.1, -0.05) is 27.2 Å². The second-order valence-corrected chi connectivity index (χ2v) is 6.19. The summed E-state index contributed by atoms with van der Waals surface area (Å²) in [4.78, 5) is 26.1. The maximum atomic E-state index is 12.5. The van der Waals surface area contributed by atoms with Gasteiger partial charge in [0, 0.05) is 6.04 Å². The summed E-state index contributed by atoms with van der Waals surface area (Å²) >= 11 is 0. The Morgan fingerprint density at radius 1 is 1.33 bits per heavy atom. The standard InChI is InChI=1S/C14H24N2O2/c1-9(2)7-11-14(18)16(8-13(17)15-11)12-6-4-5-10(12)3/h9-12H,4-8H2,1-3H3,(H,15,17). The molecular formula is C14H24N2O2. The molecule has 2 fully saturated rings. The quantitative estimate of drug-likeness (QED) is 0.828. The first-order chi connectivity index (χ1) is 8.49. The van der Waals surface area contributed by atoms with E-state index in [0.717, 1.165) is 12.8 Å². The van der Waals surface area contributed by atoms with E-state index < -0.39 is 0 Å². The molecule has 0 bridgehead atoms. The number of rotatable bonds is 3. The zero-order chi connectivity index (χ0) is 13.3. The lowest BCUT2D eigenvalue weighted by molar-refractivity contribution is -0.147. The molecule has 4 nitrogen and oxygen atoms in total. The van der Waals surface area contributed by atoms with Crippen LogP contribution in [0.15, 0.2) is 0 Å². The highest BCUT2D eigenvalue weighted by atomic mass is 16.2. The van der Waals surface area contributed by atoms with Crippen molar-refractivity contribution in [2.24, 2.45) is 11.8 Å². The Morgan fingerprint density at radius 2 is 2.06 bits per heavy atom. The Bertz CT molecular complexity index is 341. The first-order valence-electron chi connectivity index (χ1n) is 7.09. The number of carbonyl (C=O) groups excluding carboxylic acids is 2. The van der Waals surface area contributed by atoms with Gasteiger partial charge in [0.15, 0.2) is 0 Å². The molecule has 1 aliphatic carbocycles. The summed E-state index contributed by atoms with van der Waals surface area (Å²) in [7, 11) is 0. The Labute approximate surface area is 109 Å². The summed E-state index contributed by atoms with van der Waals surface area (Å²) in [5.41, 5.74) is 0. The second kappa shape index (κ2) is 5.29. The van der Waals surface area contributed by atoms with Gasteiger partial charge in [0.05, 0.1) is 6.54 Å². The van der Waals surface area contributed by atoms with Crippen LogP contribution in [0.2, 0.25) is 0 Å². The minimum atomic E-state index is -0.306. The lowest BCUT2D eigenvalue weighted by Gasteiger charge is -2.38. The number of nitrogens with zero attached hydrogens (tertiary/aromatic N) is 1. The molecule has 1 aliphatic heterocycles. The van der Waals surface area contributed by atoms with E-state index in [9.17, 15) is 9.59 Å². The Hall–Kier alpha value is -1.06. The normalized spacial score (nSPS) is 33.1. The van der Waals surface area contributed by atoms with Gasteiger partial charge in [0.1, 0.15) is 6.04 Å². The van der Waals surface area contributed by atoms with Crippen LogP contribution >= 0.6 is 0 Å². The van der Waals surface area contributed by atoms with Gasteiger partial charge >= 0.3 is 0 Å². The molecule has 3 unspecified atom stereocenters. The maximum absolute atomic E-state index is 12.5. The molecule has 0 aromatic carbocycles. The molecule has 2 rings (SSSR count). The molecule has 2 amide bonds. The van der Waals surface area contributed by atoms with Gasteiger partial charge in [-0.3, -0.25) is 9.59 Å². The van der Waals surface area contributed by atoms with Gasteiger partial charge in [-0.25, -0.2) is 0 Å². The van der Waals surface area contributed by atoms with Crippen molar-refractivity contribution >= 4 is 11.8 Å². The highest BCUT2D eigenvalue weighted by molar-refractivity contribution is 5.95. The highest BCUT2D eigenvalue weighted by Crippen LogP contribution is 2.30. The van der Waals surface area contributed by atoms with Crippen molar-refractivity contribution in [2.75, 3.05) is 6.54 Å². The van der Waals surface area contributed by atoms with Gasteiger partial charge in [0.2, 0.25) is 11.8 Å². The predicted octanol–water partition coefficient (Wildman–Crippen LogP) is 1.55. The topological polar surface area (TPSA) is 49.4 Å². The van der Waals surface area contributed by atoms with Crippen LogP contribution in [0.1, 0.15) is 46.5 Å². The van der Waals surface area contributed by atoms with E-state index in [1.165, 1.54) is 12.8 Å². The number of carbonyl (C=O) groups is 2. The van der Waals surface area contributed by atoms with E-state index in [-0.39, 0.29) is 30.4 Å². The number of hydrogen-bond donors (Lipinski definition) is 1. The first-order valence-corrected chi connectivity index (χ1v) is 7.09. The van der Waals surface area contributed by atoms with E-state index in [1.807, 2.05) is 4.90 Å². The van der Waals surface area contributed by atoms with Crippen LogP contribution in [0, 0.1) is 11.8 Å². The minimum Gasteiger partial charge on any atom is -0.343 e. The lowest BCUT2D eigenvalue weighted by atomic mass is 9.97. The fraction of sp³-hybridized carbons (Fsp3) is 0.857. The third-order valence-corrected chi connectivity index (χ3v) is 4.15. The average molecular weight is 252 g/mol. The van der Waals surface area contributed by atoms with Crippen LogP contribution in [0.3, 0.4) is 0 Å². The van der Waals surface area contributed by atoms with Gasteiger partial charge < -0.3 is 10.2 Å². The minimum absolute atomic E-state index is 0.000602. The maximum Gasteiger partial charge on any atom is 0.245 e. The number of hydrogen-bond acceptors (Lipinski definition) is 2. The smallest absolute Gasteiger partial charge is 0.245 e. The van der Waals surface area contributed by atoms with Crippen molar-refractivity contribution in [1.82, 2.24) is 10.2 Å². The molecule has 2 aliphatic rings. The van der Waals surface area contributed by atoms with Crippen molar-refractivity contribution in [3.63, 3.8) is 0 Å². The summed E-state index contributed by atoms with van der Waals surface area (Å²) in [5.74, 6) is 1.07. The summed E-state index contributed by atoms with van der Waals surface area (Å²) in [6.45, 7) is 6.60. The molecule has 18 heavy (non-hydrogen) atoms. The predicted molar refractivity (Wildman–Crippen MR) is 69.9 cm³/mol. The third-order valence-electron chi connectivity index (χ3n) is 4.15. The monoisotopic (exact) mass is 252 g/mol. The van der Waals surface area contributed by atoms with Gasteiger partial charge in [-0.15, -0.1) is 0 Å². The molecule has 0 spiro atoms. The number of piperazine rings is 1. The van der Waals surface area contributed by atoms with Crippen LogP contribution in [0.4, 0.5) is 0 Å². The van der Waals surface area contributed by atoms with Gasteiger partial charge in [-0.2, -0.15) is 0 Å². The highest BCUT2D eigenvalue weighted by Gasteiger charge is 2.39. The van der Waals surface area contributed by atoms with Crippen LogP contribution in [0.5, 0.6) is 0 Å². The van der Waals surface area contributed by atoms with E-state index in [1.54, 1.807) is 0 Å². The Balaban J connectivity index is 2.09. The van der Waals surface area contributed by atoms with E-state index in [4.69, 9.17) is 0 Å². The van der Waals surface area contributed by atoms with Gasteiger partial charge in [-0.05, 0) is 31.1 Å². The largest absolute Gasteiger partial charge is 0.343 e. The zero-order valence-corrected chi connectivity index (χ0v) is 11.6. The Kier molecular flexibility index (Phi) is 3.93. The van der Waals surface area contributed by atoms with Crippen molar-refractivity contribution in [3.05, 3.63) is 0 Å². The summed E-state index contributed by atoms with van der Waals surface area (Å²) in [6.07, 6.45) is 4.13. The lowest BCUT2D eigenvalue weighted by Crippen LogP contribution is -2.61. The average Bonchev–Trinajstić information content (AvgIpc) is 2.68. The number of nitrogens with one attached hydrogen (secondary N) is 1. The third kappa shape index (κ3) is 2.68. The number of amides is 2. The fourth-order valence-electron chi connectivity index (χ4n) is 3.24. The summed E-state index contributed by atoms with van der Waals surface area (Å²) in [6, 6.07) is -0.0303. The summed E-state index contributed by atoms with van der Waals surface area (Å²) < 4.78 is 0. The summed E-state index contributed by atoms with van der Waals surface area (Å²) in [5, 5.41) is 2.84. The molecule has 1 heterocycles. The van der Waals surface area contributed by atoms with Crippen LogP contribution < -0.4 is 5.32 Å². The molecule has 102 valence electrons. The van der Waals surface area contributed by atoms with Crippen molar-refractivity contribution in [1.29, 1.82) is 0 Å². The molecule has 0 radical (unpaired) electrons. The van der Waals surface area contributed by atoms with Crippen LogP contribution in [-0.2, 0) is 9.59 Å². The van der Waals surface area contributed by atoms with E-state index in [0.29, 0.717) is 11.8 Å². The molecule has 3 atom stereocenters. The van der Waals surface area contributed by atoms with Crippen LogP contribution in [0.25, 0.3) is 0 Å². The SMILES string of the molecule is CC(C)CC1NC(=O)CN(C2CCCC2C)C1=O. The molecule has 1 saturated carbocycles. The van der Waals surface area contributed by atoms with Crippen molar-refractivity contribution in [3.8, 4) is 0 Å². The van der Waals surface area contributed by atoms with E-state index in [2.05, 4.69) is 26.1 Å². The molecular weight excluding hydrogens is 228 g/mol. The molecule has 1 saturated heterocycles. The van der Waals surface area contributed by atoms with E-state index >= 15 is 0 Å². The molecule has 4 heteroatoms. The van der Waals surface area contributed by atoms with Crippen molar-refractivity contribution in [2.45, 2.75) is 58.5 Å². The van der Waals surface area contributed by atoms with Crippen molar-refractivity contribution < 1.29 is 9.59 Å². The second-order valence-electron chi connectivity index (χ2n) is 6.19. The first kappa shape index (κ1) is 13.4. The van der Waals surface area contributed by atoms with Crippen LogP contribution in [-0.4, -0.2) is 35.3 Å². The Morgan fingerprint density at radius 3 is 2.61 bits per heavy atom. The molecule has 0 aromatic rings. The zero-order valence-electron chi connectivity index (χ0n) is 11.6. The molecule has 0 aromatic heterocycles. The fourth-order valence-corrected chi connectivity index (χ4v) is 3.24.